The van der Waals surface area contributed by atoms with E-state index in [0.29, 0.717) is 12.1 Å². The summed E-state index contributed by atoms with van der Waals surface area (Å²) in [5.41, 5.74) is 2.45. The van der Waals surface area contributed by atoms with Gasteiger partial charge in [-0.2, -0.15) is 0 Å². The number of rotatable bonds is 6. The molecule has 0 radical (unpaired) electrons. The zero-order chi connectivity index (χ0) is 15.4. The molecule has 1 aromatic carbocycles. The Kier molecular flexibility index (Phi) is 5.91. The number of nitrogens with one attached hydrogen (secondary N) is 1. The third-order valence-corrected chi connectivity index (χ3v) is 4.70. The van der Waals surface area contributed by atoms with Gasteiger partial charge in [0.25, 0.3) is 0 Å². The third kappa shape index (κ3) is 4.35. The summed E-state index contributed by atoms with van der Waals surface area (Å²) in [4.78, 5) is 4.82. The summed E-state index contributed by atoms with van der Waals surface area (Å²) in [6, 6.07) is 7.32. The van der Waals surface area contributed by atoms with Crippen LogP contribution in [0.3, 0.4) is 0 Å². The molecule has 4 heteroatoms. The highest BCUT2D eigenvalue weighted by Gasteiger charge is 2.23. The summed E-state index contributed by atoms with van der Waals surface area (Å²) in [7, 11) is 4.40. The largest absolute Gasteiger partial charge is 0.373 e. The van der Waals surface area contributed by atoms with Crippen molar-refractivity contribution in [1.82, 2.24) is 10.2 Å². The maximum absolute atomic E-state index is 6.43. The smallest absolute Gasteiger partial charge is 0.0471 e. The van der Waals surface area contributed by atoms with Crippen molar-refractivity contribution in [2.45, 2.75) is 45.3 Å². The van der Waals surface area contributed by atoms with E-state index in [9.17, 15) is 0 Å². The molecular weight excluding hydrogens is 282 g/mol. The lowest BCUT2D eigenvalue weighted by atomic mass is 10.1. The standard InChI is InChI=1S/C17H28ClN3/c1-13(2)19-11-15-16(18)8-5-9-17(15)21(4)12-14-7-6-10-20(14)3/h5,8-9,13-14,19H,6-7,10-12H2,1-4H3. The molecule has 0 amide bonds. The van der Waals surface area contributed by atoms with Crippen molar-refractivity contribution in [2.75, 3.05) is 32.1 Å². The highest BCUT2D eigenvalue weighted by Crippen LogP contribution is 2.28. The van der Waals surface area contributed by atoms with Gasteiger partial charge in [-0.1, -0.05) is 31.5 Å². The highest BCUT2D eigenvalue weighted by molar-refractivity contribution is 6.31. The van der Waals surface area contributed by atoms with Crippen LogP contribution in [0.2, 0.25) is 5.02 Å². The lowest BCUT2D eigenvalue weighted by Crippen LogP contribution is -2.37. The first-order valence-electron chi connectivity index (χ1n) is 7.91. The van der Waals surface area contributed by atoms with E-state index in [1.807, 2.05) is 12.1 Å². The van der Waals surface area contributed by atoms with Gasteiger partial charge in [0.05, 0.1) is 0 Å². The van der Waals surface area contributed by atoms with E-state index in [1.165, 1.54) is 30.6 Å². The predicted molar refractivity (Wildman–Crippen MR) is 92.3 cm³/mol. The molecule has 0 aliphatic carbocycles. The Morgan fingerprint density at radius 2 is 2.19 bits per heavy atom. The van der Waals surface area contributed by atoms with Crippen LogP contribution in [0.25, 0.3) is 0 Å². The Morgan fingerprint density at radius 3 is 2.81 bits per heavy atom. The van der Waals surface area contributed by atoms with Gasteiger partial charge < -0.3 is 15.1 Å². The number of hydrogen-bond acceptors (Lipinski definition) is 3. The monoisotopic (exact) mass is 309 g/mol. The van der Waals surface area contributed by atoms with Crippen LogP contribution >= 0.6 is 11.6 Å². The van der Waals surface area contributed by atoms with E-state index in [2.05, 4.69) is 49.1 Å². The van der Waals surface area contributed by atoms with Crippen molar-refractivity contribution in [3.8, 4) is 0 Å². The second-order valence-electron chi connectivity index (χ2n) is 6.43. The number of likely N-dealkylation sites (N-methyl/N-ethyl adjacent to an activating group) is 2. The molecule has 1 atom stereocenters. The molecule has 0 saturated carbocycles. The van der Waals surface area contributed by atoms with E-state index in [0.717, 1.165) is 18.1 Å². The van der Waals surface area contributed by atoms with Gasteiger partial charge >= 0.3 is 0 Å². The Labute approximate surface area is 134 Å². The van der Waals surface area contributed by atoms with Crippen molar-refractivity contribution in [3.63, 3.8) is 0 Å². The second-order valence-corrected chi connectivity index (χ2v) is 6.84. The van der Waals surface area contributed by atoms with Crippen LogP contribution in [0.1, 0.15) is 32.3 Å². The maximum atomic E-state index is 6.43. The fourth-order valence-corrected chi connectivity index (χ4v) is 3.25. The summed E-state index contributed by atoms with van der Waals surface area (Å²) < 4.78 is 0. The number of anilines is 1. The average Bonchev–Trinajstić information content (AvgIpc) is 2.82. The van der Waals surface area contributed by atoms with Crippen molar-refractivity contribution in [1.29, 1.82) is 0 Å². The molecule has 118 valence electrons. The molecule has 2 rings (SSSR count). The number of likely N-dealkylation sites (tertiary alicyclic amines) is 1. The van der Waals surface area contributed by atoms with Gasteiger partial charge in [0, 0.05) is 48.5 Å². The van der Waals surface area contributed by atoms with Crippen molar-refractivity contribution < 1.29 is 0 Å². The van der Waals surface area contributed by atoms with Gasteiger partial charge in [0.2, 0.25) is 0 Å². The summed E-state index contributed by atoms with van der Waals surface area (Å²) in [5.74, 6) is 0. The quantitative estimate of drug-likeness (QED) is 0.869. The Balaban J connectivity index is 2.11. The van der Waals surface area contributed by atoms with Crippen LogP contribution in [-0.2, 0) is 6.54 Å². The minimum absolute atomic E-state index is 0.459. The Morgan fingerprint density at radius 1 is 1.43 bits per heavy atom. The molecule has 1 aliphatic heterocycles. The molecular formula is C17H28ClN3. The molecule has 0 spiro atoms. The van der Waals surface area contributed by atoms with Gasteiger partial charge in [-0.15, -0.1) is 0 Å². The lowest BCUT2D eigenvalue weighted by Gasteiger charge is -2.29. The maximum Gasteiger partial charge on any atom is 0.0471 e. The average molecular weight is 310 g/mol. The van der Waals surface area contributed by atoms with Crippen molar-refractivity contribution in [2.24, 2.45) is 0 Å². The molecule has 1 saturated heterocycles. The zero-order valence-electron chi connectivity index (χ0n) is 13.7. The van der Waals surface area contributed by atoms with E-state index < -0.39 is 0 Å². The van der Waals surface area contributed by atoms with E-state index in [4.69, 9.17) is 11.6 Å². The van der Waals surface area contributed by atoms with Gasteiger partial charge in [-0.05, 0) is 38.6 Å². The van der Waals surface area contributed by atoms with Gasteiger partial charge in [-0.3, -0.25) is 0 Å². The van der Waals surface area contributed by atoms with Crippen LogP contribution in [0.4, 0.5) is 5.69 Å². The molecule has 1 aromatic rings. The summed E-state index contributed by atoms with van der Waals surface area (Å²) in [5, 5.41) is 4.33. The SMILES string of the molecule is CC(C)NCc1c(Cl)cccc1N(C)CC1CCCN1C. The first kappa shape index (κ1) is 16.6. The van der Waals surface area contributed by atoms with Crippen molar-refractivity contribution in [3.05, 3.63) is 28.8 Å². The van der Waals surface area contributed by atoms with Crippen LogP contribution in [-0.4, -0.2) is 44.2 Å². The van der Waals surface area contributed by atoms with Crippen LogP contribution in [0, 0.1) is 0 Å². The molecule has 1 heterocycles. The molecule has 1 N–H and O–H groups in total. The Bertz CT molecular complexity index is 461. The Hall–Kier alpha value is -0.770. The van der Waals surface area contributed by atoms with Crippen LogP contribution < -0.4 is 10.2 Å². The molecule has 0 aromatic heterocycles. The van der Waals surface area contributed by atoms with E-state index in [1.54, 1.807) is 0 Å². The van der Waals surface area contributed by atoms with Crippen LogP contribution in [0.5, 0.6) is 0 Å². The summed E-state index contributed by atoms with van der Waals surface area (Å²) >= 11 is 6.43. The zero-order valence-corrected chi connectivity index (χ0v) is 14.5. The topological polar surface area (TPSA) is 18.5 Å². The predicted octanol–water partition coefficient (Wildman–Crippen LogP) is 3.37. The minimum Gasteiger partial charge on any atom is -0.373 e. The first-order chi connectivity index (χ1) is 9.99. The number of halogens is 1. The van der Waals surface area contributed by atoms with Crippen molar-refractivity contribution >= 4 is 17.3 Å². The van der Waals surface area contributed by atoms with E-state index >= 15 is 0 Å². The van der Waals surface area contributed by atoms with Gasteiger partial charge in [-0.25, -0.2) is 0 Å². The van der Waals surface area contributed by atoms with Gasteiger partial charge in [0.1, 0.15) is 0 Å². The first-order valence-corrected chi connectivity index (χ1v) is 8.29. The molecule has 0 bridgehead atoms. The third-order valence-electron chi connectivity index (χ3n) is 4.35. The summed E-state index contributed by atoms with van der Waals surface area (Å²) in [6.45, 7) is 7.42. The second kappa shape index (κ2) is 7.48. The molecule has 3 nitrogen and oxygen atoms in total. The lowest BCUT2D eigenvalue weighted by molar-refractivity contribution is 0.314. The molecule has 21 heavy (non-hydrogen) atoms. The number of benzene rings is 1. The minimum atomic E-state index is 0.459. The van der Waals surface area contributed by atoms with E-state index in [-0.39, 0.29) is 0 Å². The normalized spacial score (nSPS) is 19.4. The number of hydrogen-bond donors (Lipinski definition) is 1. The summed E-state index contributed by atoms with van der Waals surface area (Å²) in [6.07, 6.45) is 2.60. The van der Waals surface area contributed by atoms with Gasteiger partial charge in [0.15, 0.2) is 0 Å². The van der Waals surface area contributed by atoms with Crippen LogP contribution in [0.15, 0.2) is 18.2 Å². The molecule has 1 fully saturated rings. The molecule has 1 aliphatic rings. The fourth-order valence-electron chi connectivity index (χ4n) is 3.01. The highest BCUT2D eigenvalue weighted by atomic mass is 35.5. The number of nitrogens with zero attached hydrogens (tertiary/aromatic N) is 2. The fraction of sp³-hybridized carbons (Fsp3) is 0.647. The molecule has 1 unspecified atom stereocenters.